The Morgan fingerprint density at radius 3 is 2.48 bits per heavy atom. The van der Waals surface area contributed by atoms with E-state index in [1.54, 1.807) is 17.5 Å². The van der Waals surface area contributed by atoms with Gasteiger partial charge in [0.1, 0.15) is 10.8 Å². The van der Waals surface area contributed by atoms with Crippen LogP contribution in [0, 0.1) is 12.7 Å². The van der Waals surface area contributed by atoms with Crippen LogP contribution in [0.3, 0.4) is 0 Å². The molecule has 0 amide bonds. The number of anilines is 1. The van der Waals surface area contributed by atoms with Crippen molar-refractivity contribution in [1.82, 2.24) is 9.29 Å². The van der Waals surface area contributed by atoms with Crippen molar-refractivity contribution >= 4 is 27.0 Å². The largest absolute Gasteiger partial charge is 0.382 e. The highest BCUT2D eigenvalue weighted by molar-refractivity contribution is 7.89. The van der Waals surface area contributed by atoms with Gasteiger partial charge in [0.2, 0.25) is 0 Å². The molecular weight excluding hydrogens is 409 g/mol. The van der Waals surface area contributed by atoms with Gasteiger partial charge in [-0.1, -0.05) is 18.2 Å². The standard InChI is InChI=1S/C21H22FN3O2S2/c1-15-4-2-3-5-19(15)23-18-10-12-25(13-11-18)29(26,27)20-14-28-21(24-20)16-6-8-17(22)9-7-16/h2-9,14,18,23H,10-13H2,1H3. The first-order valence-corrected chi connectivity index (χ1v) is 11.8. The van der Waals surface area contributed by atoms with E-state index in [4.69, 9.17) is 0 Å². The summed E-state index contributed by atoms with van der Waals surface area (Å²) >= 11 is 1.25. The first-order chi connectivity index (χ1) is 13.9. The summed E-state index contributed by atoms with van der Waals surface area (Å²) in [5.74, 6) is -0.333. The SMILES string of the molecule is Cc1ccccc1NC1CCN(S(=O)(=O)c2csc(-c3ccc(F)cc3)n2)CC1. The molecule has 0 atom stereocenters. The molecule has 1 saturated heterocycles. The Kier molecular flexibility index (Phi) is 5.67. The molecule has 0 radical (unpaired) electrons. The fourth-order valence-corrected chi connectivity index (χ4v) is 5.97. The number of piperidine rings is 1. The molecule has 0 unspecified atom stereocenters. The fourth-order valence-electron chi connectivity index (χ4n) is 3.43. The van der Waals surface area contributed by atoms with Crippen molar-refractivity contribution in [2.45, 2.75) is 30.8 Å². The molecule has 29 heavy (non-hydrogen) atoms. The fraction of sp³-hybridized carbons (Fsp3) is 0.286. The van der Waals surface area contributed by atoms with E-state index >= 15 is 0 Å². The van der Waals surface area contributed by atoms with Gasteiger partial charge in [-0.25, -0.2) is 17.8 Å². The molecule has 3 aromatic rings. The van der Waals surface area contributed by atoms with Crippen LogP contribution in [-0.2, 0) is 10.0 Å². The van der Waals surface area contributed by atoms with Gasteiger partial charge >= 0.3 is 0 Å². The summed E-state index contributed by atoms with van der Waals surface area (Å²) < 4.78 is 40.6. The maximum absolute atomic E-state index is 13.1. The van der Waals surface area contributed by atoms with Gasteiger partial charge in [0, 0.05) is 35.8 Å². The Morgan fingerprint density at radius 2 is 1.79 bits per heavy atom. The zero-order chi connectivity index (χ0) is 20.4. The van der Waals surface area contributed by atoms with E-state index in [1.165, 1.54) is 33.3 Å². The lowest BCUT2D eigenvalue weighted by atomic mass is 10.1. The van der Waals surface area contributed by atoms with E-state index in [-0.39, 0.29) is 16.9 Å². The number of para-hydroxylation sites is 1. The van der Waals surface area contributed by atoms with E-state index < -0.39 is 10.0 Å². The van der Waals surface area contributed by atoms with Crippen LogP contribution >= 0.6 is 11.3 Å². The quantitative estimate of drug-likeness (QED) is 0.645. The van der Waals surface area contributed by atoms with E-state index in [0.717, 1.165) is 18.5 Å². The molecule has 8 heteroatoms. The lowest BCUT2D eigenvalue weighted by molar-refractivity contribution is 0.329. The number of halogens is 1. The molecule has 0 bridgehead atoms. The van der Waals surface area contributed by atoms with Crippen molar-refractivity contribution in [2.24, 2.45) is 0 Å². The first kappa shape index (κ1) is 20.0. The lowest BCUT2D eigenvalue weighted by Crippen LogP contribution is -2.42. The molecule has 152 valence electrons. The molecule has 0 saturated carbocycles. The summed E-state index contributed by atoms with van der Waals surface area (Å²) in [5.41, 5.74) is 2.98. The van der Waals surface area contributed by atoms with Gasteiger partial charge in [-0.05, 0) is 55.7 Å². The van der Waals surface area contributed by atoms with Gasteiger partial charge in [0.05, 0.1) is 0 Å². The minimum absolute atomic E-state index is 0.0622. The van der Waals surface area contributed by atoms with Gasteiger partial charge in [0.15, 0.2) is 5.03 Å². The number of hydrogen-bond donors (Lipinski definition) is 1. The Morgan fingerprint density at radius 1 is 1.10 bits per heavy atom. The van der Waals surface area contributed by atoms with Crippen LogP contribution < -0.4 is 5.32 Å². The van der Waals surface area contributed by atoms with Gasteiger partial charge in [-0.15, -0.1) is 11.3 Å². The third-order valence-corrected chi connectivity index (χ3v) is 7.96. The second-order valence-corrected chi connectivity index (χ2v) is 9.88. The molecule has 2 aromatic carbocycles. The third kappa shape index (κ3) is 4.34. The van der Waals surface area contributed by atoms with Crippen LogP contribution in [0.4, 0.5) is 10.1 Å². The van der Waals surface area contributed by atoms with Crippen molar-refractivity contribution in [2.75, 3.05) is 18.4 Å². The van der Waals surface area contributed by atoms with Crippen molar-refractivity contribution in [3.63, 3.8) is 0 Å². The van der Waals surface area contributed by atoms with E-state index in [2.05, 4.69) is 23.3 Å². The summed E-state index contributed by atoms with van der Waals surface area (Å²) in [4.78, 5) is 4.31. The molecule has 5 nitrogen and oxygen atoms in total. The Bertz CT molecular complexity index is 1090. The second kappa shape index (κ2) is 8.22. The predicted molar refractivity (Wildman–Crippen MR) is 114 cm³/mol. The van der Waals surface area contributed by atoms with Gasteiger partial charge in [-0.3, -0.25) is 0 Å². The summed E-state index contributed by atoms with van der Waals surface area (Å²) in [6, 6.07) is 14.2. The lowest BCUT2D eigenvalue weighted by Gasteiger charge is -2.32. The molecule has 1 aliphatic rings. The Hall–Kier alpha value is -2.29. The highest BCUT2D eigenvalue weighted by Gasteiger charge is 2.31. The average molecular weight is 432 g/mol. The first-order valence-electron chi connectivity index (χ1n) is 9.47. The smallest absolute Gasteiger partial charge is 0.261 e. The van der Waals surface area contributed by atoms with Gasteiger partial charge in [0.25, 0.3) is 10.0 Å². The predicted octanol–water partition coefficient (Wildman–Crippen LogP) is 4.52. The minimum Gasteiger partial charge on any atom is -0.382 e. The van der Waals surface area contributed by atoms with Crippen molar-refractivity contribution in [3.8, 4) is 10.6 Å². The highest BCUT2D eigenvalue weighted by Crippen LogP contribution is 2.29. The number of hydrogen-bond acceptors (Lipinski definition) is 5. The van der Waals surface area contributed by atoms with E-state index in [1.807, 2.05) is 18.2 Å². The average Bonchev–Trinajstić information content (AvgIpc) is 3.22. The number of thiazole rings is 1. The normalized spacial score (nSPS) is 16.1. The van der Waals surface area contributed by atoms with Crippen LogP contribution in [0.2, 0.25) is 0 Å². The van der Waals surface area contributed by atoms with Crippen LogP contribution in [0.15, 0.2) is 58.9 Å². The van der Waals surface area contributed by atoms with Gasteiger partial charge < -0.3 is 5.32 Å². The van der Waals surface area contributed by atoms with E-state index in [9.17, 15) is 12.8 Å². The second-order valence-electron chi connectivity index (χ2n) is 7.14. The van der Waals surface area contributed by atoms with Crippen molar-refractivity contribution < 1.29 is 12.8 Å². The summed E-state index contributed by atoms with van der Waals surface area (Å²) in [6.45, 7) is 2.97. The molecule has 2 heterocycles. The number of nitrogens with one attached hydrogen (secondary N) is 1. The maximum atomic E-state index is 13.1. The van der Waals surface area contributed by atoms with Crippen LogP contribution in [0.5, 0.6) is 0 Å². The molecule has 1 N–H and O–H groups in total. The monoisotopic (exact) mass is 431 g/mol. The molecule has 1 aromatic heterocycles. The third-order valence-electron chi connectivity index (χ3n) is 5.14. The molecule has 0 aliphatic carbocycles. The van der Waals surface area contributed by atoms with Crippen molar-refractivity contribution in [1.29, 1.82) is 0 Å². The molecule has 4 rings (SSSR count). The summed E-state index contributed by atoms with van der Waals surface area (Å²) in [5, 5.41) is 5.72. The van der Waals surface area contributed by atoms with E-state index in [0.29, 0.717) is 23.7 Å². The van der Waals surface area contributed by atoms with Crippen LogP contribution in [0.1, 0.15) is 18.4 Å². The molecule has 1 fully saturated rings. The highest BCUT2D eigenvalue weighted by atomic mass is 32.2. The van der Waals surface area contributed by atoms with Gasteiger partial charge in [-0.2, -0.15) is 4.31 Å². The van der Waals surface area contributed by atoms with Crippen molar-refractivity contribution in [3.05, 3.63) is 65.3 Å². The molecule has 0 spiro atoms. The number of nitrogens with zero attached hydrogens (tertiary/aromatic N) is 2. The zero-order valence-electron chi connectivity index (χ0n) is 16.0. The summed E-state index contributed by atoms with van der Waals surface area (Å²) in [7, 11) is -3.63. The topological polar surface area (TPSA) is 62.3 Å². The van der Waals surface area contributed by atoms with Crippen LogP contribution in [0.25, 0.3) is 10.6 Å². The zero-order valence-corrected chi connectivity index (χ0v) is 17.6. The number of sulfonamides is 1. The molecule has 1 aliphatic heterocycles. The Labute approximate surface area is 174 Å². The summed E-state index contributed by atoms with van der Waals surface area (Å²) in [6.07, 6.45) is 1.48. The number of rotatable bonds is 5. The number of aryl methyl sites for hydroxylation is 1. The molecular formula is C21H22FN3O2S2. The number of aromatic nitrogens is 1. The minimum atomic E-state index is -3.63. The number of benzene rings is 2. The van der Waals surface area contributed by atoms with Crippen LogP contribution in [-0.4, -0.2) is 36.8 Å². The Balaban J connectivity index is 1.43. The maximum Gasteiger partial charge on any atom is 0.261 e.